The van der Waals surface area contributed by atoms with Crippen LogP contribution >= 0.6 is 15.9 Å². The molecule has 0 N–H and O–H groups in total. The van der Waals surface area contributed by atoms with Gasteiger partial charge in [0.2, 0.25) is 0 Å². The summed E-state index contributed by atoms with van der Waals surface area (Å²) in [5, 5.41) is 1.01. The summed E-state index contributed by atoms with van der Waals surface area (Å²) in [4.78, 5) is 0. The van der Waals surface area contributed by atoms with Crippen LogP contribution in [0, 0.1) is 11.3 Å². The van der Waals surface area contributed by atoms with Crippen LogP contribution in [0.2, 0.25) is 0 Å². The Balaban J connectivity index is 3.62. The zero-order valence-corrected chi connectivity index (χ0v) is 12.4. The highest BCUT2D eigenvalue weighted by Gasteiger charge is 2.17. The summed E-state index contributed by atoms with van der Waals surface area (Å²) in [6.07, 6.45) is 5.20. The zero-order valence-electron chi connectivity index (χ0n) is 10.8. The van der Waals surface area contributed by atoms with Crippen molar-refractivity contribution in [1.82, 2.24) is 0 Å². The van der Waals surface area contributed by atoms with Crippen LogP contribution in [0.25, 0.3) is 0 Å². The maximum Gasteiger partial charge on any atom is 0.0525 e. The molecule has 0 radical (unpaired) electrons. The average molecular weight is 279 g/mol. The lowest BCUT2D eigenvalue weighted by molar-refractivity contribution is 0.0464. The van der Waals surface area contributed by atoms with Gasteiger partial charge >= 0.3 is 0 Å². The minimum atomic E-state index is 0.267. The van der Waals surface area contributed by atoms with Crippen molar-refractivity contribution < 1.29 is 4.74 Å². The summed E-state index contributed by atoms with van der Waals surface area (Å²) in [5.41, 5.74) is 0.267. The second-order valence-electron chi connectivity index (χ2n) is 5.23. The molecule has 0 spiro atoms. The molecular formula is C13H27BrO. The highest BCUT2D eigenvalue weighted by atomic mass is 79.9. The van der Waals surface area contributed by atoms with E-state index in [2.05, 4.69) is 43.6 Å². The normalized spacial score (nSPS) is 14.2. The molecule has 1 nitrogen and oxygen atoms in total. The van der Waals surface area contributed by atoms with Crippen molar-refractivity contribution in [3.8, 4) is 0 Å². The van der Waals surface area contributed by atoms with E-state index in [9.17, 15) is 0 Å². The van der Waals surface area contributed by atoms with Gasteiger partial charge in [-0.15, -0.1) is 0 Å². The topological polar surface area (TPSA) is 9.23 Å². The second-order valence-corrected chi connectivity index (χ2v) is 5.79. The van der Waals surface area contributed by atoms with E-state index in [1.54, 1.807) is 0 Å². The first-order valence-electron chi connectivity index (χ1n) is 6.19. The molecule has 0 amide bonds. The molecule has 0 aromatic rings. The van der Waals surface area contributed by atoms with Crippen molar-refractivity contribution >= 4 is 15.9 Å². The fourth-order valence-electron chi connectivity index (χ4n) is 1.44. The van der Waals surface area contributed by atoms with Gasteiger partial charge in [0.25, 0.3) is 0 Å². The van der Waals surface area contributed by atoms with Gasteiger partial charge in [0.1, 0.15) is 0 Å². The lowest BCUT2D eigenvalue weighted by Crippen LogP contribution is -2.23. The van der Waals surface area contributed by atoms with Gasteiger partial charge in [0.05, 0.1) is 6.61 Å². The van der Waals surface area contributed by atoms with Crippen LogP contribution in [0.4, 0.5) is 0 Å². The van der Waals surface area contributed by atoms with Gasteiger partial charge < -0.3 is 4.74 Å². The van der Waals surface area contributed by atoms with E-state index in [1.807, 2.05) is 0 Å². The van der Waals surface area contributed by atoms with Crippen LogP contribution in [-0.2, 0) is 4.74 Å². The van der Waals surface area contributed by atoms with Crippen molar-refractivity contribution in [2.75, 3.05) is 18.5 Å². The fourth-order valence-corrected chi connectivity index (χ4v) is 1.60. The molecule has 0 fully saturated rings. The summed E-state index contributed by atoms with van der Waals surface area (Å²) in [6, 6.07) is 0. The summed E-state index contributed by atoms with van der Waals surface area (Å²) >= 11 is 3.52. The number of alkyl halides is 1. The maximum absolute atomic E-state index is 5.81. The molecule has 1 atom stereocenters. The molecule has 0 aliphatic rings. The van der Waals surface area contributed by atoms with Crippen LogP contribution in [0.15, 0.2) is 0 Å². The molecule has 1 unspecified atom stereocenters. The lowest BCUT2D eigenvalue weighted by atomic mass is 9.97. The molecule has 0 heterocycles. The van der Waals surface area contributed by atoms with Crippen LogP contribution in [0.1, 0.15) is 53.4 Å². The van der Waals surface area contributed by atoms with Crippen molar-refractivity contribution in [2.24, 2.45) is 11.3 Å². The van der Waals surface area contributed by atoms with Gasteiger partial charge in [0.15, 0.2) is 0 Å². The van der Waals surface area contributed by atoms with Crippen molar-refractivity contribution in [3.63, 3.8) is 0 Å². The Bertz CT molecular complexity index is 145. The molecule has 0 aromatic carbocycles. The van der Waals surface area contributed by atoms with Gasteiger partial charge in [0, 0.05) is 11.9 Å². The summed E-state index contributed by atoms with van der Waals surface area (Å²) in [5.74, 6) is 0.760. The Morgan fingerprint density at radius 1 is 1.27 bits per heavy atom. The molecule has 0 aromatic heterocycles. The Morgan fingerprint density at radius 3 is 2.40 bits per heavy atom. The van der Waals surface area contributed by atoms with Crippen LogP contribution in [0.5, 0.6) is 0 Å². The maximum atomic E-state index is 5.81. The van der Waals surface area contributed by atoms with Crippen molar-refractivity contribution in [1.29, 1.82) is 0 Å². The number of hydrogen-bond acceptors (Lipinski definition) is 1. The smallest absolute Gasteiger partial charge is 0.0525 e. The quantitative estimate of drug-likeness (QED) is 0.559. The molecule has 0 saturated heterocycles. The molecule has 2 heteroatoms. The van der Waals surface area contributed by atoms with E-state index >= 15 is 0 Å². The van der Waals surface area contributed by atoms with Crippen LogP contribution in [-0.4, -0.2) is 18.5 Å². The van der Waals surface area contributed by atoms with Gasteiger partial charge in [-0.1, -0.05) is 62.9 Å². The summed E-state index contributed by atoms with van der Waals surface area (Å²) in [7, 11) is 0. The standard InChI is InChI=1S/C13H27BrO/c1-5-7-8-12(6-2)9-15-11-13(3,4)10-14/h12H,5-11H2,1-4H3. The van der Waals surface area contributed by atoms with Crippen LogP contribution < -0.4 is 0 Å². The Labute approximate surface area is 104 Å². The minimum Gasteiger partial charge on any atom is -0.381 e. The first-order valence-corrected chi connectivity index (χ1v) is 7.31. The molecule has 0 aliphatic carbocycles. The summed E-state index contributed by atoms with van der Waals surface area (Å²) < 4.78 is 5.81. The molecular weight excluding hydrogens is 252 g/mol. The van der Waals surface area contributed by atoms with Gasteiger partial charge in [-0.25, -0.2) is 0 Å². The fraction of sp³-hybridized carbons (Fsp3) is 1.00. The van der Waals surface area contributed by atoms with E-state index in [1.165, 1.54) is 25.7 Å². The Kier molecular flexibility index (Phi) is 8.83. The van der Waals surface area contributed by atoms with E-state index in [0.717, 1.165) is 24.5 Å². The molecule has 92 valence electrons. The van der Waals surface area contributed by atoms with E-state index in [-0.39, 0.29) is 5.41 Å². The van der Waals surface area contributed by atoms with E-state index in [4.69, 9.17) is 4.74 Å². The third-order valence-corrected chi connectivity index (χ3v) is 4.27. The molecule has 15 heavy (non-hydrogen) atoms. The lowest BCUT2D eigenvalue weighted by Gasteiger charge is -2.23. The number of halogens is 1. The monoisotopic (exact) mass is 278 g/mol. The third-order valence-electron chi connectivity index (χ3n) is 2.75. The molecule has 0 bridgehead atoms. The Hall–Kier alpha value is 0.440. The first-order chi connectivity index (χ1) is 7.05. The minimum absolute atomic E-state index is 0.267. The predicted molar refractivity (Wildman–Crippen MR) is 71.7 cm³/mol. The second kappa shape index (κ2) is 8.58. The zero-order chi connectivity index (χ0) is 11.7. The summed E-state index contributed by atoms with van der Waals surface area (Å²) in [6.45, 7) is 10.8. The molecule has 0 aliphatic heterocycles. The Morgan fingerprint density at radius 2 is 1.93 bits per heavy atom. The number of rotatable bonds is 9. The third kappa shape index (κ3) is 8.27. The largest absolute Gasteiger partial charge is 0.381 e. The number of ether oxygens (including phenoxy) is 1. The van der Waals surface area contributed by atoms with Gasteiger partial charge in [-0.2, -0.15) is 0 Å². The van der Waals surface area contributed by atoms with E-state index in [0.29, 0.717) is 0 Å². The number of unbranched alkanes of at least 4 members (excludes halogenated alkanes) is 1. The predicted octanol–water partition coefficient (Wildman–Crippen LogP) is 4.64. The molecule has 0 rings (SSSR count). The van der Waals surface area contributed by atoms with Gasteiger partial charge in [-0.3, -0.25) is 0 Å². The number of hydrogen-bond donors (Lipinski definition) is 0. The van der Waals surface area contributed by atoms with E-state index < -0.39 is 0 Å². The highest BCUT2D eigenvalue weighted by molar-refractivity contribution is 9.09. The first kappa shape index (κ1) is 15.4. The van der Waals surface area contributed by atoms with Gasteiger partial charge in [-0.05, 0) is 17.8 Å². The van der Waals surface area contributed by atoms with Crippen molar-refractivity contribution in [3.05, 3.63) is 0 Å². The van der Waals surface area contributed by atoms with Crippen LogP contribution in [0.3, 0.4) is 0 Å². The highest BCUT2D eigenvalue weighted by Crippen LogP contribution is 2.20. The van der Waals surface area contributed by atoms with Crippen molar-refractivity contribution in [2.45, 2.75) is 53.4 Å². The average Bonchev–Trinajstić information content (AvgIpc) is 2.23. The molecule has 0 saturated carbocycles. The SMILES string of the molecule is CCCCC(CC)COCC(C)(C)CBr.